The average molecular weight is 305 g/mol. The summed E-state index contributed by atoms with van der Waals surface area (Å²) in [6.45, 7) is 2.57. The molecule has 1 fully saturated rings. The number of amides is 1. The summed E-state index contributed by atoms with van der Waals surface area (Å²) in [5.41, 5.74) is 2.98. The first-order valence-corrected chi connectivity index (χ1v) is 8.05. The molecule has 4 nitrogen and oxygen atoms in total. The van der Waals surface area contributed by atoms with Crippen molar-refractivity contribution in [3.8, 4) is 0 Å². The molecule has 0 aliphatic carbocycles. The Morgan fingerprint density at radius 1 is 1.09 bits per heavy atom. The monoisotopic (exact) mass is 305 g/mol. The lowest BCUT2D eigenvalue weighted by Crippen LogP contribution is -2.29. The number of benzene rings is 2. The molecule has 4 heteroatoms. The molecule has 116 valence electrons. The maximum absolute atomic E-state index is 12.5. The molecule has 1 aromatic heterocycles. The Hall–Kier alpha value is -2.62. The summed E-state index contributed by atoms with van der Waals surface area (Å²) in [6.07, 6.45) is 2.96. The summed E-state index contributed by atoms with van der Waals surface area (Å²) in [7, 11) is 0. The number of carbonyl (C=O) groups excluding carboxylic acids is 1. The Labute approximate surface area is 135 Å². The molecule has 4 rings (SSSR count). The first-order valence-electron chi connectivity index (χ1n) is 8.05. The van der Waals surface area contributed by atoms with E-state index in [0.29, 0.717) is 5.92 Å². The molecule has 1 atom stereocenters. The van der Waals surface area contributed by atoms with Gasteiger partial charge in [-0.05, 0) is 36.6 Å². The summed E-state index contributed by atoms with van der Waals surface area (Å²) in [5.74, 6) is 0.629. The largest absolute Gasteiger partial charge is 0.338 e. The van der Waals surface area contributed by atoms with Crippen LogP contribution in [0.3, 0.4) is 0 Å². The second-order valence-corrected chi connectivity index (χ2v) is 6.16. The van der Waals surface area contributed by atoms with E-state index in [1.807, 2.05) is 59.8 Å². The van der Waals surface area contributed by atoms with Crippen LogP contribution in [0.4, 0.5) is 0 Å². The molecular weight excluding hydrogens is 286 g/mol. The zero-order valence-electron chi connectivity index (χ0n) is 12.9. The number of hydrogen-bond donors (Lipinski definition) is 0. The second kappa shape index (κ2) is 5.88. The maximum Gasteiger partial charge on any atom is 0.253 e. The van der Waals surface area contributed by atoms with E-state index in [-0.39, 0.29) is 5.91 Å². The van der Waals surface area contributed by atoms with Crippen molar-refractivity contribution in [2.45, 2.75) is 13.0 Å². The second-order valence-electron chi connectivity index (χ2n) is 6.16. The lowest BCUT2D eigenvalue weighted by Gasteiger charge is -2.17. The first kappa shape index (κ1) is 14.0. The van der Waals surface area contributed by atoms with Gasteiger partial charge in [-0.15, -0.1) is 0 Å². The molecule has 2 heterocycles. The van der Waals surface area contributed by atoms with Crippen molar-refractivity contribution in [2.24, 2.45) is 5.92 Å². The van der Waals surface area contributed by atoms with Crippen molar-refractivity contribution in [1.82, 2.24) is 14.5 Å². The third-order valence-corrected chi connectivity index (χ3v) is 4.58. The van der Waals surface area contributed by atoms with Crippen LogP contribution in [0.2, 0.25) is 0 Å². The smallest absolute Gasteiger partial charge is 0.253 e. The number of rotatable bonds is 3. The van der Waals surface area contributed by atoms with Crippen LogP contribution in [0.25, 0.3) is 11.0 Å². The molecule has 1 amide bonds. The molecule has 0 unspecified atom stereocenters. The Balaban J connectivity index is 1.45. The number of fused-ring (bicyclic) bond motifs is 1. The van der Waals surface area contributed by atoms with Crippen LogP contribution in [0, 0.1) is 5.92 Å². The van der Waals surface area contributed by atoms with E-state index in [9.17, 15) is 4.79 Å². The van der Waals surface area contributed by atoms with Gasteiger partial charge in [0.2, 0.25) is 0 Å². The fraction of sp³-hybridized carbons (Fsp3) is 0.263. The minimum Gasteiger partial charge on any atom is -0.338 e. The maximum atomic E-state index is 12.5. The molecule has 3 aromatic rings. The van der Waals surface area contributed by atoms with E-state index in [2.05, 4.69) is 15.6 Å². The molecule has 0 radical (unpaired) electrons. The van der Waals surface area contributed by atoms with Crippen molar-refractivity contribution >= 4 is 16.9 Å². The van der Waals surface area contributed by atoms with Crippen molar-refractivity contribution in [2.75, 3.05) is 13.1 Å². The predicted octanol–water partition coefficient (Wildman–Crippen LogP) is 3.20. The summed E-state index contributed by atoms with van der Waals surface area (Å²) < 4.78 is 2.20. The van der Waals surface area contributed by atoms with Crippen molar-refractivity contribution < 1.29 is 4.79 Å². The van der Waals surface area contributed by atoms with Crippen LogP contribution >= 0.6 is 0 Å². The third-order valence-electron chi connectivity index (χ3n) is 4.58. The van der Waals surface area contributed by atoms with Gasteiger partial charge in [-0.3, -0.25) is 4.79 Å². The summed E-state index contributed by atoms with van der Waals surface area (Å²) in [4.78, 5) is 18.9. The highest BCUT2D eigenvalue weighted by Gasteiger charge is 2.27. The average Bonchev–Trinajstić information content (AvgIpc) is 3.23. The van der Waals surface area contributed by atoms with Crippen molar-refractivity contribution in [3.63, 3.8) is 0 Å². The number of para-hydroxylation sites is 2. The topological polar surface area (TPSA) is 38.1 Å². The minimum absolute atomic E-state index is 0.142. The number of imidazole rings is 1. The highest BCUT2D eigenvalue weighted by molar-refractivity contribution is 5.94. The zero-order valence-corrected chi connectivity index (χ0v) is 12.9. The van der Waals surface area contributed by atoms with Gasteiger partial charge in [0, 0.05) is 25.2 Å². The van der Waals surface area contributed by atoms with Gasteiger partial charge in [-0.25, -0.2) is 4.98 Å². The quantitative estimate of drug-likeness (QED) is 0.745. The number of carbonyl (C=O) groups is 1. The van der Waals surface area contributed by atoms with Crippen molar-refractivity contribution in [1.29, 1.82) is 0 Å². The van der Waals surface area contributed by atoms with Crippen LogP contribution in [-0.2, 0) is 6.54 Å². The number of likely N-dealkylation sites (tertiary alicyclic amines) is 1. The van der Waals surface area contributed by atoms with E-state index in [0.717, 1.165) is 37.1 Å². The van der Waals surface area contributed by atoms with Crippen molar-refractivity contribution in [3.05, 3.63) is 66.5 Å². The molecular formula is C19H19N3O. The normalized spacial score (nSPS) is 17.7. The van der Waals surface area contributed by atoms with Crippen LogP contribution in [0.1, 0.15) is 16.8 Å². The van der Waals surface area contributed by atoms with E-state index < -0.39 is 0 Å². The molecule has 1 aliphatic heterocycles. The Morgan fingerprint density at radius 2 is 1.87 bits per heavy atom. The molecule has 0 spiro atoms. The van der Waals surface area contributed by atoms with Crippen LogP contribution < -0.4 is 0 Å². The van der Waals surface area contributed by atoms with Crippen LogP contribution in [0.15, 0.2) is 60.9 Å². The molecule has 1 aliphatic rings. The summed E-state index contributed by atoms with van der Waals surface area (Å²) >= 11 is 0. The van der Waals surface area contributed by atoms with Gasteiger partial charge in [-0.1, -0.05) is 30.3 Å². The fourth-order valence-corrected chi connectivity index (χ4v) is 3.36. The Morgan fingerprint density at radius 3 is 2.74 bits per heavy atom. The standard InChI is InChI=1S/C19H19N3O/c23-19(16-6-2-1-3-7-16)21-11-10-15(12-21)13-22-14-20-17-8-4-5-9-18(17)22/h1-9,14-15H,10-13H2/t15-/m1/s1. The summed E-state index contributed by atoms with van der Waals surface area (Å²) in [6, 6.07) is 17.7. The van der Waals surface area contributed by atoms with Gasteiger partial charge in [0.25, 0.3) is 5.91 Å². The van der Waals surface area contributed by atoms with Gasteiger partial charge >= 0.3 is 0 Å². The van der Waals surface area contributed by atoms with Gasteiger partial charge in [0.1, 0.15) is 0 Å². The van der Waals surface area contributed by atoms with Gasteiger partial charge in [-0.2, -0.15) is 0 Å². The van der Waals surface area contributed by atoms with Gasteiger partial charge < -0.3 is 9.47 Å². The minimum atomic E-state index is 0.142. The van der Waals surface area contributed by atoms with E-state index in [4.69, 9.17) is 0 Å². The lowest BCUT2D eigenvalue weighted by molar-refractivity contribution is 0.0786. The van der Waals surface area contributed by atoms with Crippen LogP contribution in [-0.4, -0.2) is 33.4 Å². The lowest BCUT2D eigenvalue weighted by atomic mass is 10.1. The molecule has 0 N–H and O–H groups in total. The first-order chi connectivity index (χ1) is 11.3. The third kappa shape index (κ3) is 2.72. The van der Waals surface area contributed by atoms with E-state index >= 15 is 0 Å². The fourth-order valence-electron chi connectivity index (χ4n) is 3.36. The zero-order chi connectivity index (χ0) is 15.6. The van der Waals surface area contributed by atoms with E-state index in [1.54, 1.807) is 0 Å². The van der Waals surface area contributed by atoms with E-state index in [1.165, 1.54) is 5.52 Å². The number of hydrogen-bond acceptors (Lipinski definition) is 2. The van der Waals surface area contributed by atoms with Gasteiger partial charge in [0.15, 0.2) is 0 Å². The van der Waals surface area contributed by atoms with Gasteiger partial charge in [0.05, 0.1) is 17.4 Å². The molecule has 23 heavy (non-hydrogen) atoms. The number of aromatic nitrogens is 2. The van der Waals surface area contributed by atoms with Crippen LogP contribution in [0.5, 0.6) is 0 Å². The Bertz CT molecular complexity index is 825. The Kier molecular flexibility index (Phi) is 3.58. The molecule has 1 saturated heterocycles. The summed E-state index contributed by atoms with van der Waals surface area (Å²) in [5, 5.41) is 0. The SMILES string of the molecule is O=C(c1ccccc1)N1CC[C@@H](Cn2cnc3ccccc32)C1. The molecule has 2 aromatic carbocycles. The highest BCUT2D eigenvalue weighted by atomic mass is 16.2. The molecule has 0 bridgehead atoms. The highest BCUT2D eigenvalue weighted by Crippen LogP contribution is 2.22. The number of nitrogens with zero attached hydrogens (tertiary/aromatic N) is 3. The predicted molar refractivity (Wildman–Crippen MR) is 90.2 cm³/mol. The molecule has 0 saturated carbocycles.